The van der Waals surface area contributed by atoms with Gasteiger partial charge in [-0.2, -0.15) is 13.2 Å². The topological polar surface area (TPSA) is 56.0 Å². The number of rotatable bonds is 2. The minimum Gasteiger partial charge on any atom is -0.396 e. The summed E-state index contributed by atoms with van der Waals surface area (Å²) in [7, 11) is 0. The summed E-state index contributed by atoms with van der Waals surface area (Å²) < 4.78 is 61.2. The van der Waals surface area contributed by atoms with Crippen LogP contribution in [0.3, 0.4) is 0 Å². The lowest BCUT2D eigenvalue weighted by molar-refractivity contribution is -0.141. The summed E-state index contributed by atoms with van der Waals surface area (Å²) in [5.41, 5.74) is 0.864. The van der Waals surface area contributed by atoms with Gasteiger partial charge < -0.3 is 5.73 Å². The van der Waals surface area contributed by atoms with Gasteiger partial charge in [-0.15, -0.1) is 0 Å². The first-order valence-electron chi connectivity index (χ1n) is 3.88. The van der Waals surface area contributed by atoms with Crippen LogP contribution in [0.5, 0.6) is 0 Å². The maximum atomic E-state index is 12.3. The van der Waals surface area contributed by atoms with Crippen LogP contribution in [-0.4, -0.2) is 11.3 Å². The highest BCUT2D eigenvalue weighted by molar-refractivity contribution is 5.84. The summed E-state index contributed by atoms with van der Waals surface area (Å²) in [5.74, 6) is 0. The van der Waals surface area contributed by atoms with Crippen molar-refractivity contribution in [2.24, 2.45) is 0 Å². The number of nitrogen functional groups attached to an aromatic ring is 1. The van der Waals surface area contributed by atoms with Crippen LogP contribution in [0.1, 0.15) is 28.2 Å². The molecule has 0 aliphatic heterocycles. The molecule has 0 saturated heterocycles. The summed E-state index contributed by atoms with van der Waals surface area (Å²) in [6.45, 7) is 0. The van der Waals surface area contributed by atoms with Gasteiger partial charge in [-0.05, 0) is 6.07 Å². The van der Waals surface area contributed by atoms with Crippen LogP contribution in [0, 0.1) is 0 Å². The molecule has 0 spiro atoms. The Balaban J connectivity index is 3.46. The van der Waals surface area contributed by atoms with E-state index >= 15 is 0 Å². The first-order valence-corrected chi connectivity index (χ1v) is 3.88. The first-order chi connectivity index (χ1) is 7.27. The third-order valence-electron chi connectivity index (χ3n) is 1.74. The summed E-state index contributed by atoms with van der Waals surface area (Å²) in [4.78, 5) is 13.1. The van der Waals surface area contributed by atoms with Crippen LogP contribution in [0.4, 0.5) is 27.6 Å². The lowest BCUT2D eigenvalue weighted by Crippen LogP contribution is -2.13. The highest BCUT2D eigenvalue weighted by Gasteiger charge is 2.35. The zero-order valence-electron chi connectivity index (χ0n) is 7.55. The zero-order valence-corrected chi connectivity index (χ0v) is 7.55. The molecule has 3 nitrogen and oxygen atoms in total. The number of hydrogen-bond donors (Lipinski definition) is 1. The van der Waals surface area contributed by atoms with Crippen LogP contribution in [-0.2, 0) is 6.18 Å². The molecular weight excluding hydrogens is 235 g/mol. The number of nitrogens with zero attached hydrogens (tertiary/aromatic N) is 1. The van der Waals surface area contributed by atoms with Crippen molar-refractivity contribution in [1.29, 1.82) is 0 Å². The van der Waals surface area contributed by atoms with Crippen LogP contribution in [0.25, 0.3) is 0 Å². The average molecular weight is 240 g/mol. The minimum absolute atomic E-state index is 0.0296. The fraction of sp³-hybridized carbons (Fsp3) is 0.250. The fourth-order valence-electron chi connectivity index (χ4n) is 1.00. The van der Waals surface area contributed by atoms with Crippen molar-refractivity contribution in [2.45, 2.75) is 12.6 Å². The van der Waals surface area contributed by atoms with E-state index in [9.17, 15) is 26.7 Å². The first kappa shape index (κ1) is 12.3. The van der Waals surface area contributed by atoms with Gasteiger partial charge in [-0.1, -0.05) is 0 Å². The molecule has 0 saturated carbocycles. The maximum Gasteiger partial charge on any atom is 0.433 e. The van der Waals surface area contributed by atoms with Crippen molar-refractivity contribution in [3.05, 3.63) is 23.0 Å². The van der Waals surface area contributed by atoms with Gasteiger partial charge in [0, 0.05) is 5.56 Å². The van der Waals surface area contributed by atoms with Gasteiger partial charge in [-0.3, -0.25) is 4.79 Å². The summed E-state index contributed by atoms with van der Waals surface area (Å²) in [6.07, 6.45) is -8.21. The van der Waals surface area contributed by atoms with E-state index in [4.69, 9.17) is 5.73 Å². The molecule has 1 rings (SSSR count). The van der Waals surface area contributed by atoms with E-state index in [0.29, 0.717) is 6.07 Å². The number of aromatic nitrogens is 1. The quantitative estimate of drug-likeness (QED) is 0.638. The molecule has 16 heavy (non-hydrogen) atoms. The van der Waals surface area contributed by atoms with Crippen molar-refractivity contribution in [3.63, 3.8) is 0 Å². The van der Waals surface area contributed by atoms with E-state index in [1.54, 1.807) is 0 Å². The molecule has 0 bridgehead atoms. The summed E-state index contributed by atoms with van der Waals surface area (Å²) in [6, 6.07) is 0.328. The summed E-state index contributed by atoms with van der Waals surface area (Å²) in [5, 5.41) is 0. The Bertz CT molecular complexity index is 416. The number of alkyl halides is 5. The number of carbonyl (C=O) groups excluding carboxylic acids is 1. The van der Waals surface area contributed by atoms with Crippen molar-refractivity contribution < 1.29 is 26.7 Å². The highest BCUT2D eigenvalue weighted by Crippen LogP contribution is 2.33. The Hall–Kier alpha value is -1.73. The number of carbonyl (C=O) groups is 1. The van der Waals surface area contributed by atoms with E-state index in [-0.39, 0.29) is 6.29 Å². The van der Waals surface area contributed by atoms with Crippen LogP contribution < -0.4 is 5.73 Å². The van der Waals surface area contributed by atoms with Crippen molar-refractivity contribution in [3.8, 4) is 0 Å². The molecule has 0 amide bonds. The zero-order chi connectivity index (χ0) is 12.5. The Labute approximate surface area is 86.1 Å². The van der Waals surface area contributed by atoms with Crippen molar-refractivity contribution >= 4 is 12.0 Å². The SMILES string of the molecule is Nc1c(C=O)cc(C(F)(F)F)nc1C(F)F. The lowest BCUT2D eigenvalue weighted by atomic mass is 10.1. The molecule has 0 aromatic carbocycles. The normalized spacial score (nSPS) is 11.9. The van der Waals surface area contributed by atoms with Crippen molar-refractivity contribution in [1.82, 2.24) is 4.98 Å². The molecule has 0 unspecified atom stereocenters. The molecule has 88 valence electrons. The van der Waals surface area contributed by atoms with E-state index in [1.165, 1.54) is 0 Å². The molecule has 0 aliphatic carbocycles. The van der Waals surface area contributed by atoms with Gasteiger partial charge in [0.2, 0.25) is 0 Å². The van der Waals surface area contributed by atoms with Gasteiger partial charge in [0.15, 0.2) is 6.29 Å². The molecule has 0 aliphatic rings. The third kappa shape index (κ3) is 2.26. The Morgan fingerprint density at radius 1 is 1.38 bits per heavy atom. The number of aldehydes is 1. The largest absolute Gasteiger partial charge is 0.433 e. The monoisotopic (exact) mass is 240 g/mol. The number of pyridine rings is 1. The van der Waals surface area contributed by atoms with Gasteiger partial charge in [0.05, 0.1) is 5.69 Å². The second kappa shape index (κ2) is 4.03. The second-order valence-corrected chi connectivity index (χ2v) is 2.81. The second-order valence-electron chi connectivity index (χ2n) is 2.81. The van der Waals surface area contributed by atoms with Gasteiger partial charge in [0.1, 0.15) is 11.4 Å². The standard InChI is InChI=1S/C8H5F5N2O/c9-7(10)6-5(14)3(2-16)1-4(15-6)8(11,12)13/h1-2,7H,14H2. The molecule has 1 aromatic heterocycles. The van der Waals surface area contributed by atoms with Crippen molar-refractivity contribution in [2.75, 3.05) is 5.73 Å². The molecule has 2 N–H and O–H groups in total. The van der Waals surface area contributed by atoms with E-state index < -0.39 is 35.2 Å². The fourth-order valence-corrected chi connectivity index (χ4v) is 1.00. The predicted octanol–water partition coefficient (Wildman–Crippen LogP) is 2.43. The highest BCUT2D eigenvalue weighted by atomic mass is 19.4. The number of nitrogens with two attached hydrogens (primary N) is 1. The van der Waals surface area contributed by atoms with Crippen LogP contribution in [0.2, 0.25) is 0 Å². The van der Waals surface area contributed by atoms with Gasteiger partial charge >= 0.3 is 6.18 Å². The molecular formula is C8H5F5N2O. The Morgan fingerprint density at radius 3 is 2.31 bits per heavy atom. The minimum atomic E-state index is -4.91. The van der Waals surface area contributed by atoms with E-state index in [1.807, 2.05) is 0 Å². The Morgan fingerprint density at radius 2 is 1.94 bits per heavy atom. The lowest BCUT2D eigenvalue weighted by Gasteiger charge is -2.11. The molecule has 0 atom stereocenters. The van der Waals surface area contributed by atoms with Gasteiger partial charge in [0.25, 0.3) is 6.43 Å². The smallest absolute Gasteiger partial charge is 0.396 e. The Kier molecular flexibility index (Phi) is 3.11. The molecule has 0 fully saturated rings. The number of hydrogen-bond acceptors (Lipinski definition) is 3. The average Bonchev–Trinajstić information content (AvgIpc) is 2.15. The van der Waals surface area contributed by atoms with Crippen LogP contribution in [0.15, 0.2) is 6.07 Å². The third-order valence-corrected chi connectivity index (χ3v) is 1.74. The van der Waals surface area contributed by atoms with Gasteiger partial charge in [-0.25, -0.2) is 13.8 Å². The predicted molar refractivity (Wildman–Crippen MR) is 44.0 cm³/mol. The molecule has 0 radical (unpaired) electrons. The molecule has 1 heterocycles. The number of anilines is 1. The van der Waals surface area contributed by atoms with E-state index in [2.05, 4.69) is 4.98 Å². The molecule has 1 aromatic rings. The maximum absolute atomic E-state index is 12.3. The van der Waals surface area contributed by atoms with Crippen LogP contribution >= 0.6 is 0 Å². The molecule has 8 heteroatoms. The van der Waals surface area contributed by atoms with E-state index in [0.717, 1.165) is 0 Å². The summed E-state index contributed by atoms with van der Waals surface area (Å²) >= 11 is 0. The number of halogens is 5.